The number of fused-ring (bicyclic) bond motifs is 5. The van der Waals surface area contributed by atoms with Gasteiger partial charge in [-0.3, -0.25) is 4.79 Å². The van der Waals surface area contributed by atoms with Crippen LogP contribution in [-0.4, -0.2) is 57.0 Å². The topological polar surface area (TPSA) is 108 Å². The summed E-state index contributed by atoms with van der Waals surface area (Å²) in [6.07, 6.45) is 5.38. The van der Waals surface area contributed by atoms with E-state index in [1.54, 1.807) is 13.8 Å². The average molecular weight is 573 g/mol. The molecule has 5 aliphatic rings. The van der Waals surface area contributed by atoms with Gasteiger partial charge in [-0.2, -0.15) is 0 Å². The van der Waals surface area contributed by atoms with Crippen LogP contribution in [-0.2, 0) is 19.0 Å². The number of ether oxygens (including phenoxy) is 3. The molecule has 9 heteroatoms. The summed E-state index contributed by atoms with van der Waals surface area (Å²) in [6.45, 7) is 12.1. The number of Topliss-reactive ketones (excluding diaryl/α,β-unsaturated/α-hetero) is 1. The number of ketones is 1. The molecule has 1 spiro atoms. The van der Waals surface area contributed by atoms with E-state index < -0.39 is 35.0 Å². The first kappa shape index (κ1) is 25.3. The number of hydrogen-bond acceptors (Lipinski definition) is 8. The summed E-state index contributed by atoms with van der Waals surface area (Å²) >= 11 is 3.31. The van der Waals surface area contributed by atoms with Gasteiger partial charge in [-0.05, 0) is 77.4 Å². The van der Waals surface area contributed by atoms with Gasteiger partial charge in [-0.15, -0.1) is 0 Å². The maximum absolute atomic E-state index is 14.7. The Bertz CT molecular complexity index is 1270. The van der Waals surface area contributed by atoms with Gasteiger partial charge in [-0.1, -0.05) is 32.9 Å². The van der Waals surface area contributed by atoms with E-state index in [4.69, 9.17) is 14.2 Å². The molecule has 1 aliphatic heterocycles. The lowest BCUT2D eigenvalue weighted by atomic mass is 9.59. The third kappa shape index (κ3) is 3.23. The number of rotatable bonds is 2. The Balaban J connectivity index is 1.52. The molecule has 1 aromatic heterocycles. The second-order valence-electron chi connectivity index (χ2n) is 12.5. The first-order chi connectivity index (χ1) is 17.3. The number of aliphatic hydroxyl groups is 1. The number of carbonyl (C=O) groups excluding carboxylic acids is 2. The molecule has 8 nitrogen and oxygen atoms in total. The van der Waals surface area contributed by atoms with Crippen molar-refractivity contribution in [1.29, 1.82) is 0 Å². The first-order valence-electron chi connectivity index (χ1n) is 12.9. The Morgan fingerprint density at radius 3 is 2.70 bits per heavy atom. The van der Waals surface area contributed by atoms with E-state index in [0.717, 1.165) is 12.0 Å². The first-order valence-corrected chi connectivity index (χ1v) is 13.7. The summed E-state index contributed by atoms with van der Waals surface area (Å²) < 4.78 is 18.9. The maximum Gasteiger partial charge on any atom is 0.358 e. The lowest BCUT2D eigenvalue weighted by molar-refractivity contribution is -0.302. The molecular weight excluding hydrogens is 540 g/mol. The maximum atomic E-state index is 14.7. The fourth-order valence-electron chi connectivity index (χ4n) is 7.93. The molecule has 2 bridgehead atoms. The molecule has 1 N–H and O–H groups in total. The van der Waals surface area contributed by atoms with Crippen molar-refractivity contribution in [2.24, 2.45) is 34.5 Å². The molecule has 0 radical (unpaired) electrons. The number of halogens is 1. The predicted molar refractivity (Wildman–Crippen MR) is 136 cm³/mol. The smallest absolute Gasteiger partial charge is 0.358 e. The molecule has 2 unspecified atom stereocenters. The highest BCUT2D eigenvalue weighted by atomic mass is 79.9. The van der Waals surface area contributed by atoms with Gasteiger partial charge in [0.05, 0.1) is 16.5 Å². The number of hydrogen-bond donors (Lipinski definition) is 1. The van der Waals surface area contributed by atoms with Crippen LogP contribution in [0, 0.1) is 34.5 Å². The fourth-order valence-corrected chi connectivity index (χ4v) is 8.31. The summed E-state index contributed by atoms with van der Waals surface area (Å²) in [5, 5.41) is 13.0. The number of allylic oxidation sites excluding steroid dienone is 1. The SMILES string of the molecule is CC1=CC23C(=O)[C@@H](C=C4COC(C)(C)O[C@H]4[C@]2(O)[C@H]1OC(=O)c1ncncc1Br)[C@H]1[C@@H](CC3C)C1(C)C. The summed E-state index contributed by atoms with van der Waals surface area (Å²) in [5.74, 6) is -1.77. The van der Waals surface area contributed by atoms with Crippen LogP contribution in [0.5, 0.6) is 0 Å². The van der Waals surface area contributed by atoms with Gasteiger partial charge in [0.2, 0.25) is 0 Å². The van der Waals surface area contributed by atoms with Gasteiger partial charge < -0.3 is 19.3 Å². The largest absolute Gasteiger partial charge is 0.450 e. The summed E-state index contributed by atoms with van der Waals surface area (Å²) in [6, 6.07) is 0. The third-order valence-electron chi connectivity index (χ3n) is 9.76. The Hall–Kier alpha value is -1.94. The predicted octanol–water partition coefficient (Wildman–Crippen LogP) is 4.03. The van der Waals surface area contributed by atoms with Crippen molar-refractivity contribution in [2.75, 3.05) is 6.61 Å². The molecule has 0 amide bonds. The highest BCUT2D eigenvalue weighted by Gasteiger charge is 2.77. The van der Waals surface area contributed by atoms with Crippen molar-refractivity contribution in [3.8, 4) is 0 Å². The number of carbonyl (C=O) groups is 2. The van der Waals surface area contributed by atoms with Gasteiger partial charge in [0.15, 0.2) is 29.0 Å². The summed E-state index contributed by atoms with van der Waals surface area (Å²) in [4.78, 5) is 36.0. The third-order valence-corrected chi connectivity index (χ3v) is 10.3. The standard InChI is InChI=1S/C28H33BrN2O6/c1-13-9-27-14(2)7-17-19(25(17,3)4)16(21(27)32)8-15-11-35-26(5,6)37-23(15)28(27,34)22(13)36-24(33)20-18(29)10-30-12-31-20/h8-10,12,14,16-17,19,22-23,34H,7,11H2,1-6H3/t14?,16-,17+,19-,22-,23+,27?,28+/m0/s1. The second kappa shape index (κ2) is 7.81. The van der Waals surface area contributed by atoms with Crippen molar-refractivity contribution in [3.63, 3.8) is 0 Å². The highest BCUT2D eigenvalue weighted by molar-refractivity contribution is 9.10. The second-order valence-corrected chi connectivity index (χ2v) is 13.4. The van der Waals surface area contributed by atoms with Gasteiger partial charge in [0, 0.05) is 12.1 Å². The van der Waals surface area contributed by atoms with Crippen LogP contribution in [0.3, 0.4) is 0 Å². The molecule has 0 aromatic carbocycles. The monoisotopic (exact) mass is 572 g/mol. The molecule has 1 saturated heterocycles. The lowest BCUT2D eigenvalue weighted by Crippen LogP contribution is -2.68. The van der Waals surface area contributed by atoms with Gasteiger partial charge >= 0.3 is 5.97 Å². The van der Waals surface area contributed by atoms with Gasteiger partial charge in [0.1, 0.15) is 12.4 Å². The van der Waals surface area contributed by atoms with E-state index in [-0.39, 0.29) is 41.3 Å². The van der Waals surface area contributed by atoms with E-state index in [0.29, 0.717) is 16.0 Å². The van der Waals surface area contributed by atoms with Crippen molar-refractivity contribution < 1.29 is 28.9 Å². The van der Waals surface area contributed by atoms with Crippen LogP contribution in [0.15, 0.2) is 40.3 Å². The Kier molecular flexibility index (Phi) is 5.35. The minimum atomic E-state index is -1.86. The van der Waals surface area contributed by atoms with E-state index in [9.17, 15) is 14.7 Å². The minimum Gasteiger partial charge on any atom is -0.450 e. The molecule has 1 aromatic rings. The van der Waals surface area contributed by atoms with Crippen LogP contribution >= 0.6 is 15.9 Å². The van der Waals surface area contributed by atoms with E-state index in [1.807, 2.05) is 26.0 Å². The van der Waals surface area contributed by atoms with Gasteiger partial charge in [-0.25, -0.2) is 14.8 Å². The van der Waals surface area contributed by atoms with Crippen molar-refractivity contribution >= 4 is 27.7 Å². The van der Waals surface area contributed by atoms with E-state index in [1.165, 1.54) is 12.5 Å². The molecule has 2 saturated carbocycles. The van der Waals surface area contributed by atoms with Gasteiger partial charge in [0.25, 0.3) is 0 Å². The van der Waals surface area contributed by atoms with E-state index in [2.05, 4.69) is 39.7 Å². The molecule has 4 aliphatic carbocycles. The fraction of sp³-hybridized carbons (Fsp3) is 0.643. The van der Waals surface area contributed by atoms with Crippen LogP contribution in [0.4, 0.5) is 0 Å². The summed E-state index contributed by atoms with van der Waals surface area (Å²) in [5.41, 5.74) is -1.70. The average Bonchev–Trinajstić information content (AvgIpc) is 3.31. The van der Waals surface area contributed by atoms with Crippen molar-refractivity contribution in [1.82, 2.24) is 9.97 Å². The quantitative estimate of drug-likeness (QED) is 0.418. The molecule has 8 atom stereocenters. The molecule has 37 heavy (non-hydrogen) atoms. The Morgan fingerprint density at radius 1 is 1.27 bits per heavy atom. The summed E-state index contributed by atoms with van der Waals surface area (Å²) in [7, 11) is 0. The zero-order valence-corrected chi connectivity index (χ0v) is 23.5. The number of nitrogens with zero attached hydrogens (tertiary/aromatic N) is 2. The molecule has 2 heterocycles. The highest BCUT2D eigenvalue weighted by Crippen LogP contribution is 2.72. The van der Waals surface area contributed by atoms with E-state index >= 15 is 0 Å². The zero-order chi connectivity index (χ0) is 26.7. The lowest BCUT2D eigenvalue weighted by Gasteiger charge is -2.52. The van der Waals surface area contributed by atoms with Crippen molar-refractivity contribution in [2.45, 2.75) is 71.6 Å². The van der Waals surface area contributed by atoms with Crippen LogP contribution in [0.25, 0.3) is 0 Å². The Morgan fingerprint density at radius 2 is 2.00 bits per heavy atom. The molecule has 198 valence electrons. The minimum absolute atomic E-state index is 0.0232. The zero-order valence-electron chi connectivity index (χ0n) is 21.9. The molecular formula is C28H33BrN2O6. The molecule has 3 fully saturated rings. The number of esters is 1. The van der Waals surface area contributed by atoms with Crippen LogP contribution in [0.2, 0.25) is 0 Å². The Labute approximate surface area is 225 Å². The van der Waals surface area contributed by atoms with Crippen LogP contribution < -0.4 is 0 Å². The van der Waals surface area contributed by atoms with Crippen LogP contribution in [0.1, 0.15) is 58.5 Å². The van der Waals surface area contributed by atoms with Crippen molar-refractivity contribution in [3.05, 3.63) is 46.0 Å². The molecule has 6 rings (SSSR count). The normalized spacial score (nSPS) is 42.8. The number of aromatic nitrogens is 2.